The zero-order valence-corrected chi connectivity index (χ0v) is 12.1. The molecule has 0 saturated heterocycles. The van der Waals surface area contributed by atoms with E-state index in [1.165, 1.54) is 0 Å². The van der Waals surface area contributed by atoms with E-state index in [0.717, 1.165) is 35.4 Å². The molecule has 4 nitrogen and oxygen atoms in total. The molecule has 0 fully saturated rings. The third-order valence-corrected chi connectivity index (χ3v) is 3.50. The summed E-state index contributed by atoms with van der Waals surface area (Å²) < 4.78 is 7.43. The summed E-state index contributed by atoms with van der Waals surface area (Å²) in [5, 5.41) is 4.34. The van der Waals surface area contributed by atoms with Crippen LogP contribution in [-0.2, 0) is 0 Å². The Balaban J connectivity index is 1.86. The van der Waals surface area contributed by atoms with Crippen LogP contribution in [-0.4, -0.2) is 16.2 Å². The van der Waals surface area contributed by atoms with E-state index >= 15 is 0 Å². The molecule has 0 aliphatic rings. The van der Waals surface area contributed by atoms with Gasteiger partial charge in [-0.15, -0.1) is 0 Å². The number of hydrogen-bond acceptors (Lipinski definition) is 3. The van der Waals surface area contributed by atoms with E-state index in [-0.39, 0.29) is 6.04 Å². The SMILES string of the molecule is CCCOc1ccc(C(N)c2cnn3ccccc23)cc1. The molecule has 0 spiro atoms. The van der Waals surface area contributed by atoms with E-state index in [4.69, 9.17) is 10.5 Å². The molecule has 3 rings (SSSR count). The Hall–Kier alpha value is -2.33. The van der Waals surface area contributed by atoms with Gasteiger partial charge in [0.1, 0.15) is 5.75 Å². The minimum Gasteiger partial charge on any atom is -0.494 e. The minimum absolute atomic E-state index is 0.190. The highest BCUT2D eigenvalue weighted by molar-refractivity contribution is 5.57. The first-order valence-electron chi connectivity index (χ1n) is 7.20. The standard InChI is InChI=1S/C17H19N3O/c1-2-11-21-14-8-6-13(7-9-14)17(18)15-12-19-20-10-4-3-5-16(15)20/h3-10,12,17H,2,11,18H2,1H3. The van der Waals surface area contributed by atoms with Crippen molar-refractivity contribution in [3.05, 3.63) is 66.0 Å². The van der Waals surface area contributed by atoms with E-state index in [9.17, 15) is 0 Å². The van der Waals surface area contributed by atoms with Gasteiger partial charge in [-0.25, -0.2) is 4.52 Å². The quantitative estimate of drug-likeness (QED) is 0.781. The summed E-state index contributed by atoms with van der Waals surface area (Å²) in [5.74, 6) is 0.882. The van der Waals surface area contributed by atoms with Gasteiger partial charge in [0.2, 0.25) is 0 Å². The molecule has 0 amide bonds. The number of benzene rings is 1. The molecule has 0 bridgehead atoms. The molecule has 0 aliphatic heterocycles. The second kappa shape index (κ2) is 5.97. The highest BCUT2D eigenvalue weighted by Gasteiger charge is 2.14. The molecule has 1 unspecified atom stereocenters. The van der Waals surface area contributed by atoms with Gasteiger partial charge >= 0.3 is 0 Å². The fraction of sp³-hybridized carbons (Fsp3) is 0.235. The molecular formula is C17H19N3O. The van der Waals surface area contributed by atoms with Crippen molar-refractivity contribution in [3.8, 4) is 5.75 Å². The molecule has 1 atom stereocenters. The Morgan fingerprint density at radius 2 is 2.00 bits per heavy atom. The van der Waals surface area contributed by atoms with E-state index in [0.29, 0.717) is 0 Å². The highest BCUT2D eigenvalue weighted by atomic mass is 16.5. The lowest BCUT2D eigenvalue weighted by Gasteiger charge is -2.12. The molecular weight excluding hydrogens is 262 g/mol. The van der Waals surface area contributed by atoms with Crippen LogP contribution in [0.15, 0.2) is 54.9 Å². The van der Waals surface area contributed by atoms with Crippen molar-refractivity contribution < 1.29 is 4.74 Å². The van der Waals surface area contributed by atoms with Crippen LogP contribution in [0.2, 0.25) is 0 Å². The average molecular weight is 281 g/mol. The van der Waals surface area contributed by atoms with Crippen LogP contribution in [0.1, 0.15) is 30.5 Å². The van der Waals surface area contributed by atoms with Crippen molar-refractivity contribution in [1.82, 2.24) is 9.61 Å². The van der Waals surface area contributed by atoms with Crippen molar-refractivity contribution in [1.29, 1.82) is 0 Å². The van der Waals surface area contributed by atoms with Crippen LogP contribution in [0.4, 0.5) is 0 Å². The van der Waals surface area contributed by atoms with Gasteiger partial charge in [0, 0.05) is 11.8 Å². The summed E-state index contributed by atoms with van der Waals surface area (Å²) in [6.45, 7) is 2.83. The number of rotatable bonds is 5. The summed E-state index contributed by atoms with van der Waals surface area (Å²) in [7, 11) is 0. The van der Waals surface area contributed by atoms with Crippen molar-refractivity contribution in [2.24, 2.45) is 5.73 Å². The van der Waals surface area contributed by atoms with Gasteiger partial charge in [-0.1, -0.05) is 25.1 Å². The minimum atomic E-state index is -0.190. The van der Waals surface area contributed by atoms with E-state index < -0.39 is 0 Å². The van der Waals surface area contributed by atoms with Crippen molar-refractivity contribution in [2.75, 3.05) is 6.61 Å². The summed E-state index contributed by atoms with van der Waals surface area (Å²) in [6.07, 6.45) is 4.76. The number of nitrogens with zero attached hydrogens (tertiary/aromatic N) is 2. The van der Waals surface area contributed by atoms with Crippen LogP contribution in [0.5, 0.6) is 5.75 Å². The predicted molar refractivity (Wildman–Crippen MR) is 83.5 cm³/mol. The summed E-state index contributed by atoms with van der Waals surface area (Å²) >= 11 is 0. The summed E-state index contributed by atoms with van der Waals surface area (Å²) in [5.41, 5.74) is 9.50. The van der Waals surface area contributed by atoms with Crippen LogP contribution in [0.3, 0.4) is 0 Å². The number of fused-ring (bicyclic) bond motifs is 1. The number of pyridine rings is 1. The van der Waals surface area contributed by atoms with Crippen molar-refractivity contribution in [2.45, 2.75) is 19.4 Å². The molecule has 3 aromatic rings. The van der Waals surface area contributed by atoms with Crippen LogP contribution in [0.25, 0.3) is 5.52 Å². The van der Waals surface area contributed by atoms with E-state index in [1.807, 2.05) is 59.4 Å². The number of ether oxygens (including phenoxy) is 1. The van der Waals surface area contributed by atoms with Gasteiger partial charge in [0.05, 0.1) is 24.4 Å². The molecule has 108 valence electrons. The van der Waals surface area contributed by atoms with E-state index in [1.54, 1.807) is 0 Å². The Morgan fingerprint density at radius 1 is 1.19 bits per heavy atom. The van der Waals surface area contributed by atoms with Crippen molar-refractivity contribution >= 4 is 5.52 Å². The first kappa shape index (κ1) is 13.6. The summed E-state index contributed by atoms with van der Waals surface area (Å²) in [4.78, 5) is 0. The number of nitrogens with two attached hydrogens (primary N) is 1. The van der Waals surface area contributed by atoms with Crippen LogP contribution in [0, 0.1) is 0 Å². The zero-order chi connectivity index (χ0) is 14.7. The molecule has 2 heterocycles. The second-order valence-corrected chi connectivity index (χ2v) is 5.03. The van der Waals surface area contributed by atoms with Gasteiger partial charge in [0.15, 0.2) is 0 Å². The third-order valence-electron chi connectivity index (χ3n) is 3.50. The van der Waals surface area contributed by atoms with Gasteiger partial charge in [0.25, 0.3) is 0 Å². The molecule has 2 N–H and O–H groups in total. The van der Waals surface area contributed by atoms with Gasteiger partial charge in [-0.3, -0.25) is 0 Å². The van der Waals surface area contributed by atoms with Gasteiger partial charge in [-0.2, -0.15) is 5.10 Å². The Kier molecular flexibility index (Phi) is 3.88. The van der Waals surface area contributed by atoms with Gasteiger partial charge in [-0.05, 0) is 36.2 Å². The first-order valence-corrected chi connectivity index (χ1v) is 7.20. The topological polar surface area (TPSA) is 52.5 Å². The van der Waals surface area contributed by atoms with Crippen molar-refractivity contribution in [3.63, 3.8) is 0 Å². The van der Waals surface area contributed by atoms with Crippen LogP contribution < -0.4 is 10.5 Å². The molecule has 0 radical (unpaired) electrons. The maximum Gasteiger partial charge on any atom is 0.119 e. The predicted octanol–water partition coefficient (Wildman–Crippen LogP) is 3.17. The Bertz CT molecular complexity index is 718. The van der Waals surface area contributed by atoms with E-state index in [2.05, 4.69) is 12.0 Å². The van der Waals surface area contributed by atoms with Crippen LogP contribution >= 0.6 is 0 Å². The molecule has 0 aliphatic carbocycles. The molecule has 21 heavy (non-hydrogen) atoms. The first-order chi connectivity index (χ1) is 10.3. The zero-order valence-electron chi connectivity index (χ0n) is 12.1. The lowest BCUT2D eigenvalue weighted by atomic mass is 10.0. The normalized spacial score (nSPS) is 12.5. The fourth-order valence-corrected chi connectivity index (χ4v) is 2.36. The van der Waals surface area contributed by atoms with Gasteiger partial charge < -0.3 is 10.5 Å². The molecule has 0 saturated carbocycles. The fourth-order valence-electron chi connectivity index (χ4n) is 2.36. The maximum atomic E-state index is 6.38. The number of aromatic nitrogens is 2. The number of hydrogen-bond donors (Lipinski definition) is 1. The summed E-state index contributed by atoms with van der Waals surface area (Å²) in [6, 6.07) is 13.8. The molecule has 1 aromatic carbocycles. The average Bonchev–Trinajstić information content (AvgIpc) is 2.97. The third kappa shape index (κ3) is 2.76. The molecule has 2 aromatic heterocycles. The lowest BCUT2D eigenvalue weighted by molar-refractivity contribution is 0.317. The Labute approximate surface area is 124 Å². The largest absolute Gasteiger partial charge is 0.494 e. The highest BCUT2D eigenvalue weighted by Crippen LogP contribution is 2.25. The monoisotopic (exact) mass is 281 g/mol. The smallest absolute Gasteiger partial charge is 0.119 e. The second-order valence-electron chi connectivity index (χ2n) is 5.03. The molecule has 4 heteroatoms. The lowest BCUT2D eigenvalue weighted by Crippen LogP contribution is -2.11. The maximum absolute atomic E-state index is 6.38. The Morgan fingerprint density at radius 3 is 2.76 bits per heavy atom.